The topological polar surface area (TPSA) is 35.2 Å². The van der Waals surface area contributed by atoms with Crippen LogP contribution in [0.1, 0.15) is 24.4 Å². The SMILES string of the molecule is COCCCC(N)c1cc(F)cc(Br)c1. The second-order valence-electron chi connectivity index (χ2n) is 3.44. The summed E-state index contributed by atoms with van der Waals surface area (Å²) in [6, 6.07) is 4.61. The monoisotopic (exact) mass is 275 g/mol. The van der Waals surface area contributed by atoms with Gasteiger partial charge in [-0.2, -0.15) is 0 Å². The second kappa shape index (κ2) is 6.20. The Hall–Kier alpha value is -0.450. The van der Waals surface area contributed by atoms with Crippen molar-refractivity contribution < 1.29 is 9.13 Å². The Kier molecular flexibility index (Phi) is 5.22. The fourth-order valence-electron chi connectivity index (χ4n) is 1.40. The molecule has 2 nitrogen and oxygen atoms in total. The molecule has 1 rings (SSSR count). The van der Waals surface area contributed by atoms with Crippen LogP contribution in [0.15, 0.2) is 22.7 Å². The van der Waals surface area contributed by atoms with Gasteiger partial charge in [-0.05, 0) is 36.6 Å². The van der Waals surface area contributed by atoms with Gasteiger partial charge in [-0.1, -0.05) is 15.9 Å². The minimum atomic E-state index is -0.262. The lowest BCUT2D eigenvalue weighted by Gasteiger charge is -2.12. The maximum absolute atomic E-state index is 13.1. The van der Waals surface area contributed by atoms with Crippen LogP contribution in [0.5, 0.6) is 0 Å². The molecule has 0 saturated heterocycles. The minimum Gasteiger partial charge on any atom is -0.385 e. The van der Waals surface area contributed by atoms with E-state index >= 15 is 0 Å². The van der Waals surface area contributed by atoms with E-state index in [4.69, 9.17) is 10.5 Å². The summed E-state index contributed by atoms with van der Waals surface area (Å²) in [5, 5.41) is 0. The van der Waals surface area contributed by atoms with Gasteiger partial charge < -0.3 is 10.5 Å². The van der Waals surface area contributed by atoms with Gasteiger partial charge in [0.05, 0.1) is 0 Å². The van der Waals surface area contributed by atoms with Crippen molar-refractivity contribution in [3.05, 3.63) is 34.1 Å². The standard InChI is InChI=1S/C11H15BrFNO/c1-15-4-2-3-11(14)8-5-9(12)7-10(13)6-8/h5-7,11H,2-4,14H2,1H3. The van der Waals surface area contributed by atoms with Crippen molar-refractivity contribution in [1.29, 1.82) is 0 Å². The first-order valence-electron chi connectivity index (χ1n) is 4.84. The van der Waals surface area contributed by atoms with Crippen LogP contribution in [0.2, 0.25) is 0 Å². The van der Waals surface area contributed by atoms with Crippen molar-refractivity contribution in [2.45, 2.75) is 18.9 Å². The average molecular weight is 276 g/mol. The Labute approximate surface area is 97.7 Å². The molecular weight excluding hydrogens is 261 g/mol. The van der Waals surface area contributed by atoms with Crippen LogP contribution in [0.4, 0.5) is 4.39 Å². The summed E-state index contributed by atoms with van der Waals surface area (Å²) in [4.78, 5) is 0. The number of hydrogen-bond donors (Lipinski definition) is 1. The summed E-state index contributed by atoms with van der Waals surface area (Å²) in [7, 11) is 1.66. The molecule has 0 aromatic heterocycles. The molecule has 0 amide bonds. The molecule has 0 aliphatic heterocycles. The Balaban J connectivity index is 2.60. The van der Waals surface area contributed by atoms with Gasteiger partial charge in [-0.15, -0.1) is 0 Å². The summed E-state index contributed by atoms with van der Waals surface area (Å²) >= 11 is 3.24. The lowest BCUT2D eigenvalue weighted by molar-refractivity contribution is 0.190. The van der Waals surface area contributed by atoms with Crippen molar-refractivity contribution in [3.8, 4) is 0 Å². The van der Waals surface area contributed by atoms with Crippen LogP contribution in [-0.2, 0) is 4.74 Å². The quantitative estimate of drug-likeness (QED) is 0.839. The van der Waals surface area contributed by atoms with E-state index in [1.165, 1.54) is 12.1 Å². The average Bonchev–Trinajstić information content (AvgIpc) is 2.16. The number of ether oxygens (including phenoxy) is 1. The van der Waals surface area contributed by atoms with E-state index < -0.39 is 0 Å². The van der Waals surface area contributed by atoms with E-state index in [9.17, 15) is 4.39 Å². The molecule has 1 atom stereocenters. The van der Waals surface area contributed by atoms with Crippen molar-refractivity contribution in [2.75, 3.05) is 13.7 Å². The van der Waals surface area contributed by atoms with Gasteiger partial charge in [0.25, 0.3) is 0 Å². The highest BCUT2D eigenvalue weighted by Crippen LogP contribution is 2.21. The molecule has 15 heavy (non-hydrogen) atoms. The van der Waals surface area contributed by atoms with Crippen LogP contribution < -0.4 is 5.73 Å². The number of rotatable bonds is 5. The Morgan fingerprint density at radius 1 is 1.47 bits per heavy atom. The number of methoxy groups -OCH3 is 1. The smallest absolute Gasteiger partial charge is 0.124 e. The molecule has 1 unspecified atom stereocenters. The minimum absolute atomic E-state index is 0.132. The Morgan fingerprint density at radius 2 is 2.20 bits per heavy atom. The number of halogens is 2. The molecule has 0 aliphatic carbocycles. The van der Waals surface area contributed by atoms with Crippen molar-refractivity contribution in [3.63, 3.8) is 0 Å². The molecule has 1 aromatic carbocycles. The first-order chi connectivity index (χ1) is 7.13. The van der Waals surface area contributed by atoms with E-state index in [0.717, 1.165) is 22.9 Å². The molecule has 0 fully saturated rings. The molecule has 0 radical (unpaired) electrons. The fourth-order valence-corrected chi connectivity index (χ4v) is 1.89. The summed E-state index contributed by atoms with van der Waals surface area (Å²) in [6.45, 7) is 0.685. The molecule has 4 heteroatoms. The van der Waals surface area contributed by atoms with Crippen LogP contribution in [0, 0.1) is 5.82 Å². The van der Waals surface area contributed by atoms with Crippen LogP contribution in [-0.4, -0.2) is 13.7 Å². The molecule has 84 valence electrons. The molecule has 1 aromatic rings. The molecule has 0 saturated carbocycles. The van der Waals surface area contributed by atoms with E-state index in [2.05, 4.69) is 15.9 Å². The number of nitrogens with two attached hydrogens (primary N) is 1. The van der Waals surface area contributed by atoms with Gasteiger partial charge in [-0.3, -0.25) is 0 Å². The zero-order valence-corrected chi connectivity index (χ0v) is 10.3. The summed E-state index contributed by atoms with van der Waals surface area (Å²) in [5.74, 6) is -0.262. The van der Waals surface area contributed by atoms with Crippen molar-refractivity contribution in [1.82, 2.24) is 0 Å². The predicted octanol–water partition coefficient (Wildman–Crippen LogP) is 3.01. The molecule has 0 spiro atoms. The van der Waals surface area contributed by atoms with Crippen molar-refractivity contribution >= 4 is 15.9 Å². The molecule has 2 N–H and O–H groups in total. The first kappa shape index (κ1) is 12.6. The number of hydrogen-bond acceptors (Lipinski definition) is 2. The summed E-state index contributed by atoms with van der Waals surface area (Å²) < 4.78 is 18.7. The highest BCUT2D eigenvalue weighted by Gasteiger charge is 2.07. The van der Waals surface area contributed by atoms with E-state index in [-0.39, 0.29) is 11.9 Å². The molecule has 0 bridgehead atoms. The zero-order chi connectivity index (χ0) is 11.3. The first-order valence-corrected chi connectivity index (χ1v) is 5.63. The molecule has 0 heterocycles. The summed E-state index contributed by atoms with van der Waals surface area (Å²) in [6.07, 6.45) is 1.68. The molecule has 0 aliphatic rings. The molecular formula is C11H15BrFNO. The van der Waals surface area contributed by atoms with E-state index in [1.54, 1.807) is 7.11 Å². The van der Waals surface area contributed by atoms with Crippen LogP contribution >= 0.6 is 15.9 Å². The fraction of sp³-hybridized carbons (Fsp3) is 0.455. The van der Waals surface area contributed by atoms with Gasteiger partial charge >= 0.3 is 0 Å². The van der Waals surface area contributed by atoms with Gasteiger partial charge in [0, 0.05) is 24.2 Å². The maximum atomic E-state index is 13.1. The van der Waals surface area contributed by atoms with E-state index in [1.807, 2.05) is 6.07 Å². The predicted molar refractivity (Wildman–Crippen MR) is 62.1 cm³/mol. The maximum Gasteiger partial charge on any atom is 0.124 e. The number of benzene rings is 1. The van der Waals surface area contributed by atoms with Gasteiger partial charge in [0.15, 0.2) is 0 Å². The lowest BCUT2D eigenvalue weighted by Crippen LogP contribution is -2.11. The zero-order valence-electron chi connectivity index (χ0n) is 8.67. The third-order valence-electron chi connectivity index (χ3n) is 2.18. The third-order valence-corrected chi connectivity index (χ3v) is 2.63. The normalized spacial score (nSPS) is 12.8. The summed E-state index contributed by atoms with van der Waals surface area (Å²) in [5.41, 5.74) is 6.75. The second-order valence-corrected chi connectivity index (χ2v) is 4.36. The van der Waals surface area contributed by atoms with Crippen LogP contribution in [0.25, 0.3) is 0 Å². The van der Waals surface area contributed by atoms with Gasteiger partial charge in [-0.25, -0.2) is 4.39 Å². The van der Waals surface area contributed by atoms with Gasteiger partial charge in [0.1, 0.15) is 5.82 Å². The van der Waals surface area contributed by atoms with Crippen LogP contribution in [0.3, 0.4) is 0 Å². The Morgan fingerprint density at radius 3 is 2.80 bits per heavy atom. The van der Waals surface area contributed by atoms with E-state index in [0.29, 0.717) is 6.61 Å². The lowest BCUT2D eigenvalue weighted by atomic mass is 10.0. The highest BCUT2D eigenvalue weighted by molar-refractivity contribution is 9.10. The van der Waals surface area contributed by atoms with Gasteiger partial charge in [0.2, 0.25) is 0 Å². The third kappa shape index (κ3) is 4.28. The van der Waals surface area contributed by atoms with Crippen molar-refractivity contribution in [2.24, 2.45) is 5.73 Å². The Bertz CT molecular complexity index is 299. The largest absolute Gasteiger partial charge is 0.385 e. The highest BCUT2D eigenvalue weighted by atomic mass is 79.9.